The van der Waals surface area contributed by atoms with Crippen molar-refractivity contribution in [2.75, 3.05) is 20.1 Å². The molecule has 1 aliphatic heterocycles. The largest absolute Gasteiger partial charge is 0.409 e. The molecule has 1 saturated heterocycles. The average molecular weight is 402 g/mol. The van der Waals surface area contributed by atoms with E-state index in [1.54, 1.807) is 12.1 Å². The van der Waals surface area contributed by atoms with Gasteiger partial charge in [-0.05, 0) is 66.7 Å². The van der Waals surface area contributed by atoms with Crippen LogP contribution in [0.2, 0.25) is 0 Å². The predicted molar refractivity (Wildman–Crippen MR) is 89.5 cm³/mol. The van der Waals surface area contributed by atoms with E-state index >= 15 is 0 Å². The summed E-state index contributed by atoms with van der Waals surface area (Å²) in [5, 5.41) is 15.1. The molecule has 7 heteroatoms. The lowest BCUT2D eigenvalue weighted by Gasteiger charge is -2.40. The highest BCUT2D eigenvalue weighted by Gasteiger charge is 2.39. The molecule has 0 atom stereocenters. The Balaban J connectivity index is 2.19. The number of nitrogens with zero attached hydrogens (tertiary/aromatic N) is 2. The Labute approximate surface area is 137 Å². The molecule has 1 fully saturated rings. The van der Waals surface area contributed by atoms with Crippen molar-refractivity contribution in [3.63, 3.8) is 0 Å². The first kappa shape index (κ1) is 16.0. The fourth-order valence-corrected chi connectivity index (χ4v) is 2.79. The van der Waals surface area contributed by atoms with Gasteiger partial charge in [-0.2, -0.15) is 0 Å². The van der Waals surface area contributed by atoms with Crippen LogP contribution >= 0.6 is 22.6 Å². The molecule has 1 amide bonds. The Morgan fingerprint density at radius 3 is 2.48 bits per heavy atom. The number of nitrogens with two attached hydrogens (primary N) is 1. The second-order valence-corrected chi connectivity index (χ2v) is 6.58. The minimum atomic E-state index is -0.776. The van der Waals surface area contributed by atoms with E-state index in [0.29, 0.717) is 18.4 Å². The van der Waals surface area contributed by atoms with Crippen LogP contribution in [0.3, 0.4) is 0 Å². The van der Waals surface area contributed by atoms with E-state index < -0.39 is 5.54 Å². The molecule has 1 heterocycles. The molecule has 1 aromatic rings. The van der Waals surface area contributed by atoms with Gasteiger partial charge in [0.2, 0.25) is 0 Å². The Hall–Kier alpha value is -1.35. The van der Waals surface area contributed by atoms with Crippen LogP contribution < -0.4 is 11.1 Å². The number of piperidine rings is 1. The number of nitrogens with one attached hydrogen (secondary N) is 1. The lowest BCUT2D eigenvalue weighted by molar-refractivity contribution is 0.0886. The number of likely N-dealkylation sites (tertiary alicyclic amines) is 1. The van der Waals surface area contributed by atoms with Crippen LogP contribution in [0, 0.1) is 3.57 Å². The van der Waals surface area contributed by atoms with Crippen molar-refractivity contribution in [3.8, 4) is 0 Å². The summed E-state index contributed by atoms with van der Waals surface area (Å²) in [5.41, 5.74) is 5.64. The number of benzene rings is 1. The minimum absolute atomic E-state index is 0.0643. The van der Waals surface area contributed by atoms with Crippen molar-refractivity contribution in [2.45, 2.75) is 18.4 Å². The lowest BCUT2D eigenvalue weighted by Crippen LogP contribution is -2.62. The molecular formula is C14H19IN4O2. The van der Waals surface area contributed by atoms with Crippen molar-refractivity contribution >= 4 is 34.3 Å². The van der Waals surface area contributed by atoms with E-state index in [-0.39, 0.29) is 11.7 Å². The minimum Gasteiger partial charge on any atom is -0.409 e. The first-order valence-electron chi connectivity index (χ1n) is 6.71. The van der Waals surface area contributed by atoms with E-state index in [1.165, 1.54) is 0 Å². The maximum absolute atomic E-state index is 12.4. The summed E-state index contributed by atoms with van der Waals surface area (Å²) >= 11 is 2.19. The molecule has 1 aliphatic rings. The quantitative estimate of drug-likeness (QED) is 0.233. The highest BCUT2D eigenvalue weighted by atomic mass is 127. The smallest absolute Gasteiger partial charge is 0.252 e. The summed E-state index contributed by atoms with van der Waals surface area (Å²) in [6.45, 7) is 1.56. The molecule has 0 radical (unpaired) electrons. The lowest BCUT2D eigenvalue weighted by atomic mass is 9.86. The van der Waals surface area contributed by atoms with Gasteiger partial charge in [0, 0.05) is 22.2 Å². The van der Waals surface area contributed by atoms with Crippen LogP contribution in [0.5, 0.6) is 0 Å². The van der Waals surface area contributed by atoms with Gasteiger partial charge in [0.15, 0.2) is 5.84 Å². The van der Waals surface area contributed by atoms with Gasteiger partial charge in [-0.3, -0.25) is 4.79 Å². The fraction of sp³-hybridized carbons (Fsp3) is 0.429. The summed E-state index contributed by atoms with van der Waals surface area (Å²) in [6, 6.07) is 7.29. The van der Waals surface area contributed by atoms with E-state index in [0.717, 1.165) is 16.7 Å². The van der Waals surface area contributed by atoms with Crippen molar-refractivity contribution in [1.82, 2.24) is 10.2 Å². The zero-order chi connectivity index (χ0) is 15.5. The maximum Gasteiger partial charge on any atom is 0.252 e. The number of hydrogen-bond acceptors (Lipinski definition) is 4. The molecule has 6 nitrogen and oxygen atoms in total. The zero-order valence-corrected chi connectivity index (χ0v) is 14.0. The summed E-state index contributed by atoms with van der Waals surface area (Å²) in [6.07, 6.45) is 1.24. The van der Waals surface area contributed by atoms with Gasteiger partial charge < -0.3 is 21.2 Å². The molecule has 2 rings (SSSR count). The molecule has 0 bridgehead atoms. The number of carbonyl (C=O) groups excluding carboxylic acids is 1. The average Bonchev–Trinajstić information content (AvgIpc) is 2.49. The van der Waals surface area contributed by atoms with Crippen LogP contribution in [0.15, 0.2) is 29.4 Å². The molecular weight excluding hydrogens is 383 g/mol. The summed E-state index contributed by atoms with van der Waals surface area (Å²) < 4.78 is 1.06. The summed E-state index contributed by atoms with van der Waals surface area (Å²) in [5.74, 6) is -0.142. The maximum atomic E-state index is 12.4. The number of amides is 1. The van der Waals surface area contributed by atoms with Gasteiger partial charge in [-0.15, -0.1) is 0 Å². The van der Waals surface area contributed by atoms with Crippen molar-refractivity contribution in [2.24, 2.45) is 10.9 Å². The van der Waals surface area contributed by atoms with Crippen molar-refractivity contribution in [3.05, 3.63) is 33.4 Å². The molecule has 1 aromatic carbocycles. The van der Waals surface area contributed by atoms with Crippen LogP contribution in [-0.4, -0.2) is 47.5 Å². The summed E-state index contributed by atoms with van der Waals surface area (Å²) in [7, 11) is 2.01. The molecule has 114 valence electrons. The first-order chi connectivity index (χ1) is 9.97. The highest BCUT2D eigenvalue weighted by molar-refractivity contribution is 14.1. The second-order valence-electron chi connectivity index (χ2n) is 5.33. The van der Waals surface area contributed by atoms with E-state index in [9.17, 15) is 4.79 Å². The number of oxime groups is 1. The first-order valence-corrected chi connectivity index (χ1v) is 7.79. The second kappa shape index (κ2) is 6.61. The molecule has 0 aliphatic carbocycles. The fourth-order valence-electron chi connectivity index (χ4n) is 2.43. The standard InChI is InChI=1S/C14H19IN4O2/c1-19-8-6-14(7-9-19,13(16)18-21)17-12(20)10-2-4-11(15)5-3-10/h2-5,21H,6-9H2,1H3,(H2,16,18)(H,17,20). The Morgan fingerprint density at radius 1 is 1.38 bits per heavy atom. The van der Waals surface area contributed by atoms with E-state index in [2.05, 4.69) is 38.0 Å². The Bertz CT molecular complexity index is 536. The third-order valence-corrected chi connectivity index (χ3v) is 4.62. The molecule has 4 N–H and O–H groups in total. The van der Waals surface area contributed by atoms with Crippen molar-refractivity contribution < 1.29 is 10.0 Å². The third-order valence-electron chi connectivity index (χ3n) is 3.90. The van der Waals surface area contributed by atoms with Crippen LogP contribution in [0.4, 0.5) is 0 Å². The molecule has 0 spiro atoms. The SMILES string of the molecule is CN1CCC(NC(=O)c2ccc(I)cc2)(/C(N)=N/O)CC1. The molecule has 0 saturated carbocycles. The van der Waals surface area contributed by atoms with Gasteiger partial charge in [0.1, 0.15) is 5.54 Å². The van der Waals surface area contributed by atoms with E-state index in [4.69, 9.17) is 10.9 Å². The number of halogens is 1. The number of rotatable bonds is 3. The normalized spacial score (nSPS) is 19.2. The van der Waals surface area contributed by atoms with Gasteiger partial charge in [-0.25, -0.2) is 0 Å². The van der Waals surface area contributed by atoms with Gasteiger partial charge in [-0.1, -0.05) is 5.16 Å². The molecule has 0 aromatic heterocycles. The number of hydrogen-bond donors (Lipinski definition) is 3. The van der Waals surface area contributed by atoms with Gasteiger partial charge in [0.25, 0.3) is 5.91 Å². The van der Waals surface area contributed by atoms with Gasteiger partial charge >= 0.3 is 0 Å². The monoisotopic (exact) mass is 402 g/mol. The molecule has 21 heavy (non-hydrogen) atoms. The van der Waals surface area contributed by atoms with Crippen LogP contribution in [-0.2, 0) is 0 Å². The Kier molecular flexibility index (Phi) is 5.04. The highest BCUT2D eigenvalue weighted by Crippen LogP contribution is 2.23. The van der Waals surface area contributed by atoms with Crippen LogP contribution in [0.25, 0.3) is 0 Å². The van der Waals surface area contributed by atoms with E-state index in [1.807, 2.05) is 19.2 Å². The predicted octanol–water partition coefficient (Wildman–Crippen LogP) is 1.23. The number of carbonyl (C=O) groups is 1. The topological polar surface area (TPSA) is 91.0 Å². The molecule has 0 unspecified atom stereocenters. The third kappa shape index (κ3) is 3.65. The van der Waals surface area contributed by atoms with Crippen molar-refractivity contribution in [1.29, 1.82) is 0 Å². The van der Waals surface area contributed by atoms with Crippen LogP contribution in [0.1, 0.15) is 23.2 Å². The van der Waals surface area contributed by atoms with Gasteiger partial charge in [0.05, 0.1) is 0 Å². The number of amidine groups is 1. The summed E-state index contributed by atoms with van der Waals surface area (Å²) in [4.78, 5) is 14.6. The zero-order valence-electron chi connectivity index (χ0n) is 11.8. The Morgan fingerprint density at radius 2 is 1.95 bits per heavy atom.